The fourth-order valence-electron chi connectivity index (χ4n) is 1.43. The van der Waals surface area contributed by atoms with E-state index >= 15 is 0 Å². The molecule has 0 N–H and O–H groups in total. The van der Waals surface area contributed by atoms with Crippen molar-refractivity contribution in [2.45, 2.75) is 26.9 Å². The monoisotopic (exact) mass is 242 g/mol. The number of ether oxygens (including phenoxy) is 2. The first kappa shape index (κ1) is 12.8. The van der Waals surface area contributed by atoms with Gasteiger partial charge in [-0.1, -0.05) is 11.6 Å². The molecule has 16 heavy (non-hydrogen) atoms. The zero-order chi connectivity index (χ0) is 12.1. The van der Waals surface area contributed by atoms with Crippen LogP contribution < -0.4 is 4.74 Å². The molecule has 1 atom stereocenters. The minimum Gasteiger partial charge on any atom is -0.493 e. The summed E-state index contributed by atoms with van der Waals surface area (Å²) >= 11 is 6.03. The molecular weight excluding hydrogens is 228 g/mol. The van der Waals surface area contributed by atoms with Gasteiger partial charge in [0, 0.05) is 10.6 Å². The first-order chi connectivity index (χ1) is 7.60. The van der Waals surface area contributed by atoms with Crippen LogP contribution in [0.3, 0.4) is 0 Å². The summed E-state index contributed by atoms with van der Waals surface area (Å²) in [6.45, 7) is 6.56. The molecule has 4 heteroatoms. The number of halogens is 1. The quantitative estimate of drug-likeness (QED) is 0.744. The lowest BCUT2D eigenvalue weighted by Gasteiger charge is -2.16. The van der Waals surface area contributed by atoms with E-state index in [0.717, 1.165) is 11.1 Å². The van der Waals surface area contributed by atoms with Crippen LogP contribution in [-0.2, 0) is 9.53 Å². The third-order valence-corrected chi connectivity index (χ3v) is 2.70. The summed E-state index contributed by atoms with van der Waals surface area (Å²) in [7, 11) is 0. The maximum Gasteiger partial charge on any atom is 0.293 e. The number of aryl methyl sites for hydroxylation is 1. The van der Waals surface area contributed by atoms with Gasteiger partial charge in [-0.25, -0.2) is 0 Å². The highest BCUT2D eigenvalue weighted by Crippen LogP contribution is 2.32. The van der Waals surface area contributed by atoms with Crippen LogP contribution in [-0.4, -0.2) is 13.1 Å². The lowest BCUT2D eigenvalue weighted by Crippen LogP contribution is -2.03. The van der Waals surface area contributed by atoms with E-state index in [1.807, 2.05) is 19.9 Å². The topological polar surface area (TPSA) is 35.5 Å². The molecule has 88 valence electrons. The van der Waals surface area contributed by atoms with Gasteiger partial charge in [0.05, 0.1) is 6.61 Å². The average Bonchev–Trinajstić information content (AvgIpc) is 2.23. The second-order valence-corrected chi connectivity index (χ2v) is 3.85. The minimum atomic E-state index is -0.364. The van der Waals surface area contributed by atoms with Gasteiger partial charge in [0.25, 0.3) is 6.47 Å². The molecule has 0 spiro atoms. The molecule has 1 aromatic carbocycles. The van der Waals surface area contributed by atoms with Gasteiger partial charge in [0.2, 0.25) is 0 Å². The summed E-state index contributed by atoms with van der Waals surface area (Å²) < 4.78 is 10.4. The second kappa shape index (κ2) is 5.75. The fourth-order valence-corrected chi connectivity index (χ4v) is 1.60. The molecule has 0 heterocycles. The Labute approximate surface area is 100 Å². The first-order valence-corrected chi connectivity index (χ1v) is 5.49. The molecule has 0 aliphatic carbocycles. The molecule has 0 bridgehead atoms. The number of benzene rings is 1. The third-order valence-electron chi connectivity index (χ3n) is 2.29. The van der Waals surface area contributed by atoms with Crippen LogP contribution in [0, 0.1) is 6.92 Å². The minimum absolute atomic E-state index is 0.364. The van der Waals surface area contributed by atoms with Gasteiger partial charge in [-0.15, -0.1) is 0 Å². The van der Waals surface area contributed by atoms with Crippen LogP contribution in [0.1, 0.15) is 31.1 Å². The zero-order valence-corrected chi connectivity index (χ0v) is 10.4. The smallest absolute Gasteiger partial charge is 0.293 e. The summed E-state index contributed by atoms with van der Waals surface area (Å²) in [5.41, 5.74) is 1.72. The van der Waals surface area contributed by atoms with Crippen molar-refractivity contribution < 1.29 is 14.3 Å². The predicted octanol–water partition coefficient (Wildman–Crippen LogP) is 3.28. The van der Waals surface area contributed by atoms with Gasteiger partial charge in [-0.05, 0) is 38.5 Å². The van der Waals surface area contributed by atoms with Crippen LogP contribution in [0.4, 0.5) is 0 Å². The van der Waals surface area contributed by atoms with Gasteiger partial charge in [0.15, 0.2) is 0 Å². The lowest BCUT2D eigenvalue weighted by atomic mass is 10.1. The third kappa shape index (κ3) is 2.89. The summed E-state index contributed by atoms with van der Waals surface area (Å²) in [6.07, 6.45) is -0.364. The molecule has 0 fully saturated rings. The Kier molecular flexibility index (Phi) is 4.62. The first-order valence-electron chi connectivity index (χ1n) is 5.12. The standard InChI is InChI=1S/C12H15ClO3/c1-4-15-12-5-8(2)11(13)6-10(12)9(3)16-7-14/h5-7,9H,4H2,1-3H3. The Balaban J connectivity index is 3.12. The molecule has 0 aromatic heterocycles. The summed E-state index contributed by atoms with van der Waals surface area (Å²) in [5, 5.41) is 0.639. The van der Waals surface area contributed by atoms with Crippen LogP contribution in [0.5, 0.6) is 5.75 Å². The highest BCUT2D eigenvalue weighted by Gasteiger charge is 2.14. The second-order valence-electron chi connectivity index (χ2n) is 3.45. The normalized spacial score (nSPS) is 12.0. The van der Waals surface area contributed by atoms with Crippen molar-refractivity contribution >= 4 is 18.1 Å². The van der Waals surface area contributed by atoms with E-state index in [1.165, 1.54) is 0 Å². The Morgan fingerprint density at radius 3 is 2.75 bits per heavy atom. The Morgan fingerprint density at radius 1 is 1.50 bits per heavy atom. The van der Waals surface area contributed by atoms with Crippen LogP contribution in [0.25, 0.3) is 0 Å². The van der Waals surface area contributed by atoms with Crippen molar-refractivity contribution in [3.8, 4) is 5.75 Å². The van der Waals surface area contributed by atoms with E-state index in [0.29, 0.717) is 23.9 Å². The van der Waals surface area contributed by atoms with Gasteiger partial charge in [-0.3, -0.25) is 4.79 Å². The number of hydrogen-bond acceptors (Lipinski definition) is 3. The SMILES string of the molecule is CCOc1cc(C)c(Cl)cc1C(C)OC=O. The molecule has 1 aromatic rings. The van der Waals surface area contributed by atoms with E-state index in [-0.39, 0.29) is 6.10 Å². The fraction of sp³-hybridized carbons (Fsp3) is 0.417. The lowest BCUT2D eigenvalue weighted by molar-refractivity contribution is -0.133. The van der Waals surface area contributed by atoms with Gasteiger partial charge in [0.1, 0.15) is 11.9 Å². The van der Waals surface area contributed by atoms with E-state index in [4.69, 9.17) is 21.1 Å². The van der Waals surface area contributed by atoms with E-state index in [2.05, 4.69) is 0 Å². The van der Waals surface area contributed by atoms with Crippen molar-refractivity contribution in [3.63, 3.8) is 0 Å². The number of carbonyl (C=O) groups is 1. The van der Waals surface area contributed by atoms with Crippen LogP contribution in [0.2, 0.25) is 5.02 Å². The number of rotatable bonds is 5. The summed E-state index contributed by atoms with van der Waals surface area (Å²) in [6, 6.07) is 3.63. The molecule has 0 saturated heterocycles. The predicted molar refractivity (Wildman–Crippen MR) is 62.9 cm³/mol. The molecule has 0 amide bonds. The van der Waals surface area contributed by atoms with Crippen molar-refractivity contribution in [1.82, 2.24) is 0 Å². The molecule has 1 rings (SSSR count). The molecular formula is C12H15ClO3. The molecule has 3 nitrogen and oxygen atoms in total. The van der Waals surface area contributed by atoms with Crippen molar-refractivity contribution in [3.05, 3.63) is 28.3 Å². The van der Waals surface area contributed by atoms with Crippen LogP contribution in [0.15, 0.2) is 12.1 Å². The number of carbonyl (C=O) groups excluding carboxylic acids is 1. The van der Waals surface area contributed by atoms with Gasteiger partial charge < -0.3 is 9.47 Å². The van der Waals surface area contributed by atoms with Gasteiger partial charge in [-0.2, -0.15) is 0 Å². The largest absolute Gasteiger partial charge is 0.493 e. The maximum atomic E-state index is 10.3. The van der Waals surface area contributed by atoms with E-state index in [9.17, 15) is 4.79 Å². The van der Waals surface area contributed by atoms with Crippen molar-refractivity contribution in [2.24, 2.45) is 0 Å². The van der Waals surface area contributed by atoms with Gasteiger partial charge >= 0.3 is 0 Å². The van der Waals surface area contributed by atoms with E-state index in [1.54, 1.807) is 13.0 Å². The molecule has 0 radical (unpaired) electrons. The van der Waals surface area contributed by atoms with E-state index < -0.39 is 0 Å². The molecule has 0 aliphatic heterocycles. The highest BCUT2D eigenvalue weighted by atomic mass is 35.5. The van der Waals surface area contributed by atoms with Crippen LogP contribution >= 0.6 is 11.6 Å². The zero-order valence-electron chi connectivity index (χ0n) is 9.62. The van der Waals surface area contributed by atoms with Crippen molar-refractivity contribution in [2.75, 3.05) is 6.61 Å². The Bertz CT molecular complexity index is 377. The average molecular weight is 243 g/mol. The maximum absolute atomic E-state index is 10.3. The summed E-state index contributed by atoms with van der Waals surface area (Å²) in [4.78, 5) is 10.3. The summed E-state index contributed by atoms with van der Waals surface area (Å²) in [5.74, 6) is 0.707. The highest BCUT2D eigenvalue weighted by molar-refractivity contribution is 6.31. The molecule has 0 aliphatic rings. The molecule has 0 saturated carbocycles. The number of hydrogen-bond donors (Lipinski definition) is 0. The Morgan fingerprint density at radius 2 is 2.19 bits per heavy atom. The molecule has 1 unspecified atom stereocenters. The van der Waals surface area contributed by atoms with Crippen molar-refractivity contribution in [1.29, 1.82) is 0 Å². The Hall–Kier alpha value is -1.22.